The van der Waals surface area contributed by atoms with Gasteiger partial charge in [-0.05, 0) is 36.2 Å². The standard InChI is InChI=1S/C21H19ClN2O7/c1-3-8-23-18(11-4-7-16(25)15(9-11)24(29)30)17(20(27)21(23)28)19(26)13-10-12(31-2)5-6-14(13)22/h4-7,9-10,18,25-26H,3,8H2,1-2H3/b19-17+. The average molecular weight is 447 g/mol. The van der Waals surface area contributed by atoms with Crippen molar-refractivity contribution >= 4 is 34.7 Å². The van der Waals surface area contributed by atoms with Gasteiger partial charge in [0.1, 0.15) is 11.5 Å². The Kier molecular flexibility index (Phi) is 6.16. The number of Topliss-reactive ketones (excluding diaryl/α,β-unsaturated/α-hetero) is 1. The monoisotopic (exact) mass is 446 g/mol. The molecular formula is C21H19ClN2O7. The molecular weight excluding hydrogens is 428 g/mol. The Morgan fingerprint density at radius 1 is 1.26 bits per heavy atom. The lowest BCUT2D eigenvalue weighted by Gasteiger charge is -2.25. The van der Waals surface area contributed by atoms with Crippen molar-refractivity contribution in [3.63, 3.8) is 0 Å². The first-order valence-electron chi connectivity index (χ1n) is 9.30. The van der Waals surface area contributed by atoms with Crippen LogP contribution in [0.2, 0.25) is 5.02 Å². The van der Waals surface area contributed by atoms with E-state index in [4.69, 9.17) is 16.3 Å². The van der Waals surface area contributed by atoms with Gasteiger partial charge in [-0.15, -0.1) is 0 Å². The van der Waals surface area contributed by atoms with E-state index < -0.39 is 39.9 Å². The summed E-state index contributed by atoms with van der Waals surface area (Å²) in [4.78, 5) is 37.3. The minimum atomic E-state index is -1.10. The summed E-state index contributed by atoms with van der Waals surface area (Å²) in [6.45, 7) is 1.97. The van der Waals surface area contributed by atoms with Crippen LogP contribution in [0.25, 0.3) is 5.76 Å². The number of nitrogens with zero attached hydrogens (tertiary/aromatic N) is 2. The summed E-state index contributed by atoms with van der Waals surface area (Å²) in [5, 5.41) is 32.2. The summed E-state index contributed by atoms with van der Waals surface area (Å²) in [7, 11) is 1.42. The van der Waals surface area contributed by atoms with Crippen molar-refractivity contribution in [1.29, 1.82) is 0 Å². The van der Waals surface area contributed by atoms with Gasteiger partial charge in [-0.3, -0.25) is 19.7 Å². The van der Waals surface area contributed by atoms with Crippen molar-refractivity contribution in [2.24, 2.45) is 0 Å². The molecule has 1 heterocycles. The highest BCUT2D eigenvalue weighted by Crippen LogP contribution is 2.42. The first-order chi connectivity index (χ1) is 14.7. The molecule has 1 fully saturated rings. The van der Waals surface area contributed by atoms with E-state index in [9.17, 15) is 29.9 Å². The van der Waals surface area contributed by atoms with Gasteiger partial charge < -0.3 is 19.8 Å². The zero-order valence-electron chi connectivity index (χ0n) is 16.7. The fraction of sp³-hybridized carbons (Fsp3) is 0.238. The molecule has 0 spiro atoms. The van der Waals surface area contributed by atoms with E-state index in [2.05, 4.69) is 0 Å². The van der Waals surface area contributed by atoms with Gasteiger partial charge in [0.05, 0.1) is 28.7 Å². The van der Waals surface area contributed by atoms with Gasteiger partial charge in [-0.25, -0.2) is 0 Å². The molecule has 2 N–H and O–H groups in total. The number of likely N-dealkylation sites (tertiary alicyclic amines) is 1. The van der Waals surface area contributed by atoms with E-state index in [-0.39, 0.29) is 28.3 Å². The Balaban J connectivity index is 2.28. The summed E-state index contributed by atoms with van der Waals surface area (Å²) in [5.74, 6) is -2.50. The van der Waals surface area contributed by atoms with Gasteiger partial charge in [-0.2, -0.15) is 0 Å². The number of nitro groups is 1. The number of aromatic hydroxyl groups is 1. The molecule has 1 unspecified atom stereocenters. The van der Waals surface area contributed by atoms with Crippen molar-refractivity contribution in [2.75, 3.05) is 13.7 Å². The third-order valence-corrected chi connectivity index (χ3v) is 5.27. The molecule has 1 atom stereocenters. The minimum absolute atomic E-state index is 0.0776. The Bertz CT molecular complexity index is 1110. The number of benzene rings is 2. The second-order valence-corrected chi connectivity index (χ2v) is 7.25. The summed E-state index contributed by atoms with van der Waals surface area (Å²) in [5.41, 5.74) is -0.570. The fourth-order valence-corrected chi connectivity index (χ4v) is 3.72. The van der Waals surface area contributed by atoms with Crippen LogP contribution in [-0.2, 0) is 9.59 Å². The summed E-state index contributed by atoms with van der Waals surface area (Å²) in [6.07, 6.45) is 0.504. The highest BCUT2D eigenvalue weighted by atomic mass is 35.5. The molecule has 2 aromatic rings. The molecule has 0 aromatic heterocycles. The van der Waals surface area contributed by atoms with Crippen molar-refractivity contribution in [3.8, 4) is 11.5 Å². The maximum atomic E-state index is 12.9. The van der Waals surface area contributed by atoms with Gasteiger partial charge >= 0.3 is 5.69 Å². The van der Waals surface area contributed by atoms with Gasteiger partial charge in [0, 0.05) is 18.2 Å². The molecule has 31 heavy (non-hydrogen) atoms. The Hall–Kier alpha value is -3.59. The average Bonchev–Trinajstić information content (AvgIpc) is 2.99. The van der Waals surface area contributed by atoms with Crippen LogP contribution in [0.15, 0.2) is 42.0 Å². The maximum Gasteiger partial charge on any atom is 0.311 e. The summed E-state index contributed by atoms with van der Waals surface area (Å²) >= 11 is 6.21. The van der Waals surface area contributed by atoms with Gasteiger partial charge in [0.15, 0.2) is 5.75 Å². The molecule has 1 aliphatic rings. The number of hydrogen-bond donors (Lipinski definition) is 2. The second-order valence-electron chi connectivity index (χ2n) is 6.84. The summed E-state index contributed by atoms with van der Waals surface area (Å²) in [6, 6.07) is 6.91. The smallest absolute Gasteiger partial charge is 0.311 e. The Morgan fingerprint density at radius 2 is 1.97 bits per heavy atom. The second kappa shape index (κ2) is 8.65. The minimum Gasteiger partial charge on any atom is -0.507 e. The number of ether oxygens (including phenoxy) is 1. The molecule has 0 saturated carbocycles. The lowest BCUT2D eigenvalue weighted by atomic mass is 9.94. The molecule has 1 amide bonds. The molecule has 3 rings (SSSR count). The first kappa shape index (κ1) is 22.1. The largest absolute Gasteiger partial charge is 0.507 e. The third-order valence-electron chi connectivity index (χ3n) is 4.95. The van der Waals surface area contributed by atoms with Crippen LogP contribution in [0.3, 0.4) is 0 Å². The number of phenols is 1. The SMILES string of the molecule is CCCN1C(=O)C(=O)/C(=C(/O)c2cc(OC)ccc2Cl)C1c1ccc(O)c([N+](=O)[O-])c1. The summed E-state index contributed by atoms with van der Waals surface area (Å²) < 4.78 is 5.14. The van der Waals surface area contributed by atoms with Gasteiger partial charge in [-0.1, -0.05) is 24.6 Å². The van der Waals surface area contributed by atoms with Crippen LogP contribution < -0.4 is 4.74 Å². The lowest BCUT2D eigenvalue weighted by molar-refractivity contribution is -0.385. The van der Waals surface area contributed by atoms with Crippen molar-refractivity contribution in [1.82, 2.24) is 4.90 Å². The number of methoxy groups -OCH3 is 1. The van der Waals surface area contributed by atoms with E-state index >= 15 is 0 Å². The van der Waals surface area contributed by atoms with Crippen LogP contribution in [0.5, 0.6) is 11.5 Å². The van der Waals surface area contributed by atoms with E-state index in [0.29, 0.717) is 12.2 Å². The molecule has 1 aliphatic heterocycles. The zero-order chi connectivity index (χ0) is 22.9. The molecule has 162 valence electrons. The highest BCUT2D eigenvalue weighted by molar-refractivity contribution is 6.47. The maximum absolute atomic E-state index is 12.9. The highest BCUT2D eigenvalue weighted by Gasteiger charge is 2.46. The molecule has 1 saturated heterocycles. The van der Waals surface area contributed by atoms with E-state index in [1.165, 1.54) is 30.2 Å². The Morgan fingerprint density at radius 3 is 2.58 bits per heavy atom. The van der Waals surface area contributed by atoms with Crippen LogP contribution in [-0.4, -0.2) is 45.4 Å². The topological polar surface area (TPSA) is 130 Å². The number of amides is 1. The number of hydrogen-bond acceptors (Lipinski definition) is 7. The van der Waals surface area contributed by atoms with Gasteiger partial charge in [0.25, 0.3) is 11.7 Å². The van der Waals surface area contributed by atoms with E-state index in [1.807, 2.05) is 0 Å². The van der Waals surface area contributed by atoms with Crippen molar-refractivity contribution in [3.05, 3.63) is 68.2 Å². The number of phenolic OH excluding ortho intramolecular Hbond substituents is 1. The predicted molar refractivity (Wildman–Crippen MR) is 112 cm³/mol. The number of carbonyl (C=O) groups excluding carboxylic acids is 2. The van der Waals surface area contributed by atoms with Crippen LogP contribution in [0, 0.1) is 10.1 Å². The molecule has 2 aromatic carbocycles. The number of aliphatic hydroxyl groups is 1. The quantitative estimate of drug-likeness (QED) is 0.227. The first-order valence-corrected chi connectivity index (χ1v) is 9.68. The predicted octanol–water partition coefficient (Wildman–Crippen LogP) is 3.79. The van der Waals surface area contributed by atoms with Crippen LogP contribution in [0.4, 0.5) is 5.69 Å². The number of aliphatic hydroxyl groups excluding tert-OH is 1. The number of nitro benzene ring substituents is 1. The van der Waals surface area contributed by atoms with Crippen LogP contribution >= 0.6 is 11.6 Å². The molecule has 0 radical (unpaired) electrons. The zero-order valence-corrected chi connectivity index (χ0v) is 17.4. The lowest BCUT2D eigenvalue weighted by Crippen LogP contribution is -2.30. The van der Waals surface area contributed by atoms with Crippen molar-refractivity contribution < 1.29 is 29.5 Å². The number of ketones is 1. The molecule has 0 bridgehead atoms. The normalized spacial score (nSPS) is 17.8. The van der Waals surface area contributed by atoms with E-state index in [0.717, 1.165) is 12.1 Å². The fourth-order valence-electron chi connectivity index (χ4n) is 3.51. The van der Waals surface area contributed by atoms with E-state index in [1.54, 1.807) is 13.0 Å². The number of rotatable bonds is 6. The van der Waals surface area contributed by atoms with Crippen molar-refractivity contribution in [2.45, 2.75) is 19.4 Å². The number of carbonyl (C=O) groups is 2. The Labute approximate surface area is 182 Å². The van der Waals surface area contributed by atoms with Crippen LogP contribution in [0.1, 0.15) is 30.5 Å². The third kappa shape index (κ3) is 3.91. The number of halogens is 1. The molecule has 0 aliphatic carbocycles. The molecule has 9 nitrogen and oxygen atoms in total. The van der Waals surface area contributed by atoms with Gasteiger partial charge in [0.2, 0.25) is 0 Å². The molecule has 10 heteroatoms.